The minimum absolute atomic E-state index is 0.0528. The third-order valence-corrected chi connectivity index (χ3v) is 6.87. The molecule has 2 aromatic heterocycles. The Morgan fingerprint density at radius 3 is 2.80 bits per heavy atom. The van der Waals surface area contributed by atoms with Crippen molar-refractivity contribution in [2.24, 2.45) is 0 Å². The maximum atomic E-state index is 12.5. The molecule has 0 aliphatic carbocycles. The van der Waals surface area contributed by atoms with Crippen molar-refractivity contribution in [3.05, 3.63) is 40.8 Å². The number of fused-ring (bicyclic) bond motifs is 1. The van der Waals surface area contributed by atoms with Crippen LogP contribution in [0.1, 0.15) is 41.4 Å². The number of nitrogens with one attached hydrogen (secondary N) is 1. The highest BCUT2D eigenvalue weighted by molar-refractivity contribution is 7.40. The summed E-state index contributed by atoms with van der Waals surface area (Å²) in [6.45, 7) is 4.31. The molecular weight excluding hydrogens is 350 g/mol. The highest BCUT2D eigenvalue weighted by Crippen LogP contribution is 2.36. The van der Waals surface area contributed by atoms with E-state index in [4.69, 9.17) is 4.98 Å². The number of anilines is 2. The van der Waals surface area contributed by atoms with Gasteiger partial charge in [0.1, 0.15) is 4.01 Å². The van der Waals surface area contributed by atoms with Crippen molar-refractivity contribution in [1.82, 2.24) is 4.98 Å². The van der Waals surface area contributed by atoms with Gasteiger partial charge >= 0.3 is 0 Å². The second-order valence-electron chi connectivity index (χ2n) is 6.34. The number of carbonyl (C=O) groups excluding carboxylic acids is 1. The molecule has 4 nitrogen and oxygen atoms in total. The Morgan fingerprint density at radius 1 is 1.20 bits per heavy atom. The predicted octanol–water partition coefficient (Wildman–Crippen LogP) is 5.16. The minimum Gasteiger partial charge on any atom is -0.348 e. The summed E-state index contributed by atoms with van der Waals surface area (Å²) in [5, 5.41) is 4.10. The van der Waals surface area contributed by atoms with E-state index in [0.717, 1.165) is 44.7 Å². The van der Waals surface area contributed by atoms with Gasteiger partial charge in [-0.1, -0.05) is 30.4 Å². The second-order valence-corrected chi connectivity index (χ2v) is 8.62. The van der Waals surface area contributed by atoms with Crippen LogP contribution in [0.2, 0.25) is 0 Å². The fourth-order valence-corrected chi connectivity index (χ4v) is 5.33. The van der Waals surface area contributed by atoms with Crippen LogP contribution in [0.25, 0.3) is 9.53 Å². The third-order valence-electron chi connectivity index (χ3n) is 4.52. The zero-order valence-corrected chi connectivity index (χ0v) is 15.9. The molecule has 3 aromatic rings. The van der Waals surface area contributed by atoms with Crippen LogP contribution in [0.4, 0.5) is 10.8 Å². The van der Waals surface area contributed by atoms with Crippen molar-refractivity contribution < 1.29 is 4.79 Å². The molecule has 25 heavy (non-hydrogen) atoms. The molecule has 1 aliphatic heterocycles. The second kappa shape index (κ2) is 7.14. The van der Waals surface area contributed by atoms with Crippen molar-refractivity contribution in [1.29, 1.82) is 0 Å². The van der Waals surface area contributed by atoms with Crippen LogP contribution >= 0.6 is 22.7 Å². The van der Waals surface area contributed by atoms with Crippen LogP contribution in [0.3, 0.4) is 0 Å². The Balaban J connectivity index is 1.51. The first-order chi connectivity index (χ1) is 12.2. The average Bonchev–Trinajstić information content (AvgIpc) is 3.22. The quantitative estimate of drug-likeness (QED) is 0.689. The lowest BCUT2D eigenvalue weighted by Crippen LogP contribution is -2.29. The van der Waals surface area contributed by atoms with Crippen LogP contribution in [0, 0.1) is 0 Å². The number of carbonyl (C=O) groups is 1. The molecule has 6 heteroatoms. The van der Waals surface area contributed by atoms with Gasteiger partial charge in [0.05, 0.1) is 10.4 Å². The van der Waals surface area contributed by atoms with E-state index in [1.54, 1.807) is 11.3 Å². The van der Waals surface area contributed by atoms with Gasteiger partial charge in [-0.3, -0.25) is 4.79 Å². The Labute approximate surface area is 155 Å². The van der Waals surface area contributed by atoms with E-state index in [-0.39, 0.29) is 5.91 Å². The standard InChI is InChI=1S/C19H21N3OS2/c1-2-13-7-6-8-14(11-13)20-17(23)16-12-15-18(24-16)25-19(21-15)22-9-4-3-5-10-22/h6-8,11-12H,2-5,9-10H2,1H3,(H,20,23). The number of benzene rings is 1. The number of piperidine rings is 1. The van der Waals surface area contributed by atoms with Gasteiger partial charge in [-0.2, -0.15) is 0 Å². The lowest BCUT2D eigenvalue weighted by atomic mass is 10.1. The number of rotatable bonds is 4. The summed E-state index contributed by atoms with van der Waals surface area (Å²) in [6.07, 6.45) is 4.77. The minimum atomic E-state index is -0.0528. The highest BCUT2D eigenvalue weighted by Gasteiger charge is 2.18. The molecule has 0 unspecified atom stereocenters. The first-order valence-corrected chi connectivity index (χ1v) is 10.4. The maximum Gasteiger partial charge on any atom is 0.265 e. The van der Waals surface area contributed by atoms with E-state index in [2.05, 4.69) is 23.2 Å². The molecule has 0 atom stereocenters. The van der Waals surface area contributed by atoms with Crippen LogP contribution in [0.5, 0.6) is 0 Å². The molecule has 130 valence electrons. The largest absolute Gasteiger partial charge is 0.348 e. The maximum absolute atomic E-state index is 12.5. The van der Waals surface area contributed by atoms with E-state index in [1.807, 2.05) is 24.3 Å². The predicted molar refractivity (Wildman–Crippen MR) is 107 cm³/mol. The van der Waals surface area contributed by atoms with Gasteiger partial charge in [-0.25, -0.2) is 4.98 Å². The number of aromatic nitrogens is 1. The first kappa shape index (κ1) is 16.5. The SMILES string of the molecule is CCc1cccc(NC(=O)c2cc3nc(N4CCCCC4)sc3s2)c1. The molecule has 0 saturated carbocycles. The van der Waals surface area contributed by atoms with Gasteiger partial charge in [-0.15, -0.1) is 11.3 Å². The third kappa shape index (κ3) is 3.55. The molecule has 1 aromatic carbocycles. The molecule has 0 radical (unpaired) electrons. The first-order valence-electron chi connectivity index (χ1n) is 8.78. The molecule has 1 amide bonds. The summed E-state index contributed by atoms with van der Waals surface area (Å²) in [7, 11) is 0. The van der Waals surface area contributed by atoms with Crippen LogP contribution < -0.4 is 10.2 Å². The van der Waals surface area contributed by atoms with Crippen molar-refractivity contribution >= 4 is 48.9 Å². The average molecular weight is 372 g/mol. The summed E-state index contributed by atoms with van der Waals surface area (Å²) >= 11 is 3.24. The van der Waals surface area contributed by atoms with E-state index in [9.17, 15) is 4.79 Å². The highest BCUT2D eigenvalue weighted by atomic mass is 32.2. The molecular formula is C19H21N3OS2. The van der Waals surface area contributed by atoms with E-state index in [1.165, 1.54) is 36.2 Å². The number of hydrogen-bond donors (Lipinski definition) is 1. The number of nitrogens with zero attached hydrogens (tertiary/aromatic N) is 2. The van der Waals surface area contributed by atoms with E-state index >= 15 is 0 Å². The topological polar surface area (TPSA) is 45.2 Å². The van der Waals surface area contributed by atoms with Crippen molar-refractivity contribution in [3.8, 4) is 0 Å². The number of thiophene rings is 1. The van der Waals surface area contributed by atoms with E-state index in [0.29, 0.717) is 0 Å². The fraction of sp³-hybridized carbons (Fsp3) is 0.368. The van der Waals surface area contributed by atoms with Crippen LogP contribution in [-0.2, 0) is 6.42 Å². The zero-order chi connectivity index (χ0) is 17.2. The Hall–Kier alpha value is -1.92. The normalized spacial score (nSPS) is 14.8. The zero-order valence-electron chi connectivity index (χ0n) is 14.2. The number of hydrogen-bond acceptors (Lipinski definition) is 5. The molecule has 1 fully saturated rings. The summed E-state index contributed by atoms with van der Waals surface area (Å²) in [5.41, 5.74) is 3.02. The summed E-state index contributed by atoms with van der Waals surface area (Å²) in [5.74, 6) is -0.0528. The Morgan fingerprint density at radius 2 is 2.04 bits per heavy atom. The van der Waals surface area contributed by atoms with Gasteiger partial charge < -0.3 is 10.2 Å². The number of aryl methyl sites for hydroxylation is 1. The molecule has 3 heterocycles. The molecule has 0 spiro atoms. The van der Waals surface area contributed by atoms with Gasteiger partial charge in [0, 0.05) is 18.8 Å². The number of amides is 1. The van der Waals surface area contributed by atoms with Gasteiger partial charge in [0.15, 0.2) is 5.13 Å². The number of thiazole rings is 1. The molecule has 1 aliphatic rings. The summed E-state index contributed by atoms with van der Waals surface area (Å²) in [4.78, 5) is 20.4. The van der Waals surface area contributed by atoms with Crippen molar-refractivity contribution in [2.75, 3.05) is 23.3 Å². The molecule has 1 saturated heterocycles. The summed E-state index contributed by atoms with van der Waals surface area (Å²) in [6, 6.07) is 9.93. The Kier molecular flexibility index (Phi) is 4.72. The van der Waals surface area contributed by atoms with Crippen molar-refractivity contribution in [2.45, 2.75) is 32.6 Å². The van der Waals surface area contributed by atoms with E-state index < -0.39 is 0 Å². The van der Waals surface area contributed by atoms with Crippen LogP contribution in [-0.4, -0.2) is 24.0 Å². The lowest BCUT2D eigenvalue weighted by Gasteiger charge is -2.25. The molecule has 0 bridgehead atoms. The van der Waals surface area contributed by atoms with Gasteiger partial charge in [-0.05, 0) is 49.4 Å². The molecule has 1 N–H and O–H groups in total. The monoisotopic (exact) mass is 371 g/mol. The smallest absolute Gasteiger partial charge is 0.265 e. The lowest BCUT2D eigenvalue weighted by molar-refractivity contribution is 0.103. The van der Waals surface area contributed by atoms with Crippen molar-refractivity contribution in [3.63, 3.8) is 0 Å². The van der Waals surface area contributed by atoms with Crippen LogP contribution in [0.15, 0.2) is 30.3 Å². The van der Waals surface area contributed by atoms with Gasteiger partial charge in [0.2, 0.25) is 0 Å². The Bertz CT molecular complexity index is 862. The molecule has 4 rings (SSSR count). The summed E-state index contributed by atoms with van der Waals surface area (Å²) < 4.78 is 1.13. The fourth-order valence-electron chi connectivity index (χ4n) is 3.12. The van der Waals surface area contributed by atoms with Gasteiger partial charge in [0.25, 0.3) is 5.91 Å².